The molecule has 0 aromatic heterocycles. The lowest BCUT2D eigenvalue weighted by atomic mass is 10.1. The van der Waals surface area contributed by atoms with Gasteiger partial charge in [0.2, 0.25) is 0 Å². The molecule has 1 aromatic carbocycles. The number of para-hydroxylation sites is 1. The fourth-order valence-corrected chi connectivity index (χ4v) is 2.97. The number of aliphatic hydroxyl groups is 1. The minimum absolute atomic E-state index is 0.213. The van der Waals surface area contributed by atoms with E-state index in [2.05, 4.69) is 46.7 Å². The summed E-state index contributed by atoms with van der Waals surface area (Å²) in [6, 6.07) is 8.69. The fraction of sp³-hybridized carbons (Fsp3) is 0.588. The van der Waals surface area contributed by atoms with Crippen molar-refractivity contribution >= 4 is 11.7 Å². The normalized spacial score (nSPS) is 18.0. The predicted molar refractivity (Wildman–Crippen MR) is 89.3 cm³/mol. The number of fused-ring (bicyclic) bond motifs is 1. The highest BCUT2D eigenvalue weighted by Crippen LogP contribution is 2.30. The van der Waals surface area contributed by atoms with E-state index in [4.69, 9.17) is 0 Å². The lowest BCUT2D eigenvalue weighted by Crippen LogP contribution is -2.43. The molecule has 22 heavy (non-hydrogen) atoms. The van der Waals surface area contributed by atoms with E-state index in [-0.39, 0.29) is 6.03 Å². The Morgan fingerprint density at radius 1 is 1.41 bits per heavy atom. The van der Waals surface area contributed by atoms with Gasteiger partial charge in [-0.25, -0.2) is 4.79 Å². The molecule has 5 nitrogen and oxygen atoms in total. The second kappa shape index (κ2) is 8.03. The van der Waals surface area contributed by atoms with Crippen molar-refractivity contribution in [3.63, 3.8) is 0 Å². The highest BCUT2D eigenvalue weighted by atomic mass is 16.3. The molecule has 2 atom stereocenters. The van der Waals surface area contributed by atoms with Gasteiger partial charge < -0.3 is 20.6 Å². The quantitative estimate of drug-likeness (QED) is 0.721. The summed E-state index contributed by atoms with van der Waals surface area (Å²) in [6.45, 7) is 5.92. The van der Waals surface area contributed by atoms with Crippen molar-refractivity contribution in [2.45, 2.75) is 45.3 Å². The van der Waals surface area contributed by atoms with Gasteiger partial charge in [0.1, 0.15) is 0 Å². The first-order valence-corrected chi connectivity index (χ1v) is 8.16. The summed E-state index contributed by atoms with van der Waals surface area (Å²) in [7, 11) is 0. The zero-order chi connectivity index (χ0) is 15.9. The predicted octanol–water partition coefficient (Wildman–Crippen LogP) is 1.90. The third kappa shape index (κ3) is 4.37. The number of benzene rings is 1. The van der Waals surface area contributed by atoms with Gasteiger partial charge in [0, 0.05) is 31.4 Å². The van der Waals surface area contributed by atoms with Gasteiger partial charge in [-0.1, -0.05) is 31.5 Å². The summed E-state index contributed by atoms with van der Waals surface area (Å²) in [6.07, 6.45) is 2.23. The Balaban J connectivity index is 1.71. The van der Waals surface area contributed by atoms with Crippen molar-refractivity contribution in [2.75, 3.05) is 24.5 Å². The number of nitrogens with one attached hydrogen (secondary N) is 2. The number of hydrogen-bond acceptors (Lipinski definition) is 3. The van der Waals surface area contributed by atoms with Crippen LogP contribution in [0.25, 0.3) is 0 Å². The van der Waals surface area contributed by atoms with Crippen LogP contribution >= 0.6 is 0 Å². The second-order valence-electron chi connectivity index (χ2n) is 5.95. The van der Waals surface area contributed by atoms with E-state index >= 15 is 0 Å². The summed E-state index contributed by atoms with van der Waals surface area (Å²) in [4.78, 5) is 14.0. The monoisotopic (exact) mass is 305 g/mol. The van der Waals surface area contributed by atoms with Gasteiger partial charge in [-0.2, -0.15) is 0 Å². The lowest BCUT2D eigenvalue weighted by Gasteiger charge is -2.25. The minimum Gasteiger partial charge on any atom is -0.391 e. The van der Waals surface area contributed by atoms with Crippen molar-refractivity contribution in [3.8, 4) is 0 Å². The van der Waals surface area contributed by atoms with Gasteiger partial charge in [-0.15, -0.1) is 0 Å². The van der Waals surface area contributed by atoms with Gasteiger partial charge in [0.05, 0.1) is 6.10 Å². The van der Waals surface area contributed by atoms with Gasteiger partial charge >= 0.3 is 6.03 Å². The Morgan fingerprint density at radius 3 is 2.95 bits per heavy atom. The van der Waals surface area contributed by atoms with E-state index in [1.165, 1.54) is 11.3 Å². The number of aliphatic hydroxyl groups excluding tert-OH is 1. The summed E-state index contributed by atoms with van der Waals surface area (Å²) in [5.74, 6) is 0. The number of carbonyl (C=O) groups is 1. The Bertz CT molecular complexity index is 493. The van der Waals surface area contributed by atoms with E-state index in [0.717, 1.165) is 19.4 Å². The average Bonchev–Trinajstić information content (AvgIpc) is 2.82. The first kappa shape index (κ1) is 16.6. The molecule has 2 unspecified atom stereocenters. The van der Waals surface area contributed by atoms with Gasteiger partial charge in [0.15, 0.2) is 0 Å². The molecule has 2 rings (SSSR count). The second-order valence-corrected chi connectivity index (χ2v) is 5.95. The molecule has 5 heteroatoms. The van der Waals surface area contributed by atoms with Crippen LogP contribution in [0.2, 0.25) is 0 Å². The molecule has 2 amide bonds. The van der Waals surface area contributed by atoms with Crippen LogP contribution in [0.1, 0.15) is 32.3 Å². The molecule has 0 spiro atoms. The summed E-state index contributed by atoms with van der Waals surface area (Å²) in [5.41, 5.74) is 2.65. The molecule has 1 aliphatic heterocycles. The molecule has 1 aromatic rings. The van der Waals surface area contributed by atoms with Crippen molar-refractivity contribution in [1.29, 1.82) is 0 Å². The molecular formula is C17H27N3O2. The number of nitrogens with zero attached hydrogens (tertiary/aromatic N) is 1. The van der Waals surface area contributed by atoms with Crippen molar-refractivity contribution in [3.05, 3.63) is 29.8 Å². The van der Waals surface area contributed by atoms with Crippen LogP contribution in [0.5, 0.6) is 0 Å². The molecule has 0 saturated carbocycles. The standard InChI is InChI=1S/C17H27N3O2/c1-3-6-15(21)12-19-17(22)18-9-10-20-13(2)11-14-7-4-5-8-16(14)20/h4-5,7-8,13,15,21H,3,6,9-12H2,1-2H3,(H2,18,19,22). The third-order valence-corrected chi connectivity index (χ3v) is 4.11. The lowest BCUT2D eigenvalue weighted by molar-refractivity contribution is 0.160. The van der Waals surface area contributed by atoms with Gasteiger partial charge in [-0.3, -0.25) is 0 Å². The van der Waals surface area contributed by atoms with Crippen molar-refractivity contribution < 1.29 is 9.90 Å². The van der Waals surface area contributed by atoms with Crippen LogP contribution in [-0.2, 0) is 6.42 Å². The van der Waals surface area contributed by atoms with Crippen molar-refractivity contribution in [1.82, 2.24) is 10.6 Å². The minimum atomic E-state index is -0.457. The number of rotatable bonds is 7. The summed E-state index contributed by atoms with van der Waals surface area (Å²) < 4.78 is 0. The van der Waals surface area contributed by atoms with Crippen molar-refractivity contribution in [2.24, 2.45) is 0 Å². The number of carbonyl (C=O) groups excluding carboxylic acids is 1. The number of anilines is 1. The molecule has 3 N–H and O–H groups in total. The first-order chi connectivity index (χ1) is 10.6. The molecular weight excluding hydrogens is 278 g/mol. The number of hydrogen-bond donors (Lipinski definition) is 3. The topological polar surface area (TPSA) is 64.6 Å². The largest absolute Gasteiger partial charge is 0.391 e. The van der Waals surface area contributed by atoms with E-state index in [0.29, 0.717) is 25.6 Å². The molecule has 0 saturated heterocycles. The average molecular weight is 305 g/mol. The van der Waals surface area contributed by atoms with Crippen LogP contribution in [0.15, 0.2) is 24.3 Å². The molecule has 0 aliphatic carbocycles. The Morgan fingerprint density at radius 2 is 2.18 bits per heavy atom. The summed E-state index contributed by atoms with van der Waals surface area (Å²) >= 11 is 0. The van der Waals surface area contributed by atoms with Gasteiger partial charge in [0.25, 0.3) is 0 Å². The number of urea groups is 1. The Hall–Kier alpha value is -1.75. The maximum Gasteiger partial charge on any atom is 0.314 e. The van der Waals surface area contributed by atoms with Crippen LogP contribution in [0.4, 0.5) is 10.5 Å². The first-order valence-electron chi connectivity index (χ1n) is 8.16. The van der Waals surface area contributed by atoms with Crippen LogP contribution in [-0.4, -0.2) is 42.9 Å². The van der Waals surface area contributed by atoms with E-state index in [9.17, 15) is 9.90 Å². The van der Waals surface area contributed by atoms with Crippen LogP contribution in [0.3, 0.4) is 0 Å². The molecule has 1 aliphatic rings. The maximum absolute atomic E-state index is 11.7. The maximum atomic E-state index is 11.7. The zero-order valence-electron chi connectivity index (χ0n) is 13.5. The van der Waals surface area contributed by atoms with E-state index < -0.39 is 6.10 Å². The van der Waals surface area contributed by atoms with Gasteiger partial charge in [-0.05, 0) is 31.4 Å². The summed E-state index contributed by atoms with van der Waals surface area (Å²) in [5, 5.41) is 15.1. The molecule has 1 heterocycles. The molecule has 0 fully saturated rings. The SMILES string of the molecule is CCCC(O)CNC(=O)NCCN1c2ccccc2CC1C. The zero-order valence-corrected chi connectivity index (χ0v) is 13.5. The molecule has 0 bridgehead atoms. The number of amides is 2. The highest BCUT2D eigenvalue weighted by Gasteiger charge is 2.24. The van der Waals surface area contributed by atoms with E-state index in [1.54, 1.807) is 0 Å². The highest BCUT2D eigenvalue weighted by molar-refractivity contribution is 5.73. The Labute approximate surface area is 132 Å². The van der Waals surface area contributed by atoms with E-state index in [1.807, 2.05) is 6.92 Å². The molecule has 0 radical (unpaired) electrons. The molecule has 122 valence electrons. The fourth-order valence-electron chi connectivity index (χ4n) is 2.97. The third-order valence-electron chi connectivity index (χ3n) is 4.11. The van der Waals surface area contributed by atoms with Crippen LogP contribution < -0.4 is 15.5 Å². The Kier molecular flexibility index (Phi) is 6.07. The smallest absolute Gasteiger partial charge is 0.314 e. The van der Waals surface area contributed by atoms with Crippen LogP contribution in [0, 0.1) is 0 Å².